The van der Waals surface area contributed by atoms with Crippen LogP contribution < -0.4 is 5.69 Å². The average molecular weight is 215 g/mol. The Balaban J connectivity index is 2.01. The summed E-state index contributed by atoms with van der Waals surface area (Å²) in [6.07, 6.45) is 1.45. The minimum Gasteiger partial charge on any atom is -0.340 e. The van der Waals surface area contributed by atoms with E-state index in [2.05, 4.69) is 20.2 Å². The number of hydrogen-bond donors (Lipinski definition) is 2. The quantitative estimate of drug-likeness (QED) is 0.653. The number of nitrogens with zero attached hydrogens (tertiary/aromatic N) is 3. The second-order valence-corrected chi connectivity index (χ2v) is 3.49. The lowest BCUT2D eigenvalue weighted by Crippen LogP contribution is -2.17. The molecule has 3 aromatic rings. The Morgan fingerprint density at radius 2 is 2.19 bits per heavy atom. The van der Waals surface area contributed by atoms with E-state index in [-0.39, 0.29) is 5.69 Å². The molecule has 3 rings (SSSR count). The maximum atomic E-state index is 11.2. The molecule has 6 nitrogen and oxygen atoms in total. The van der Waals surface area contributed by atoms with Crippen LogP contribution in [0.15, 0.2) is 35.4 Å². The summed E-state index contributed by atoms with van der Waals surface area (Å²) in [5, 5.41) is 5.99. The number of H-pyrrole nitrogens is 2. The number of hydrogen-bond acceptors (Lipinski definition) is 3. The normalized spacial score (nSPS) is 11.0. The van der Waals surface area contributed by atoms with Gasteiger partial charge in [-0.05, 0) is 12.1 Å². The first-order valence-corrected chi connectivity index (χ1v) is 4.86. The minimum atomic E-state index is -0.236. The number of nitrogens with one attached hydrogen (secondary N) is 2. The summed E-state index contributed by atoms with van der Waals surface area (Å²) < 4.78 is 1.46. The molecule has 80 valence electrons. The molecule has 0 unspecified atom stereocenters. The number of aromatic nitrogens is 5. The first kappa shape index (κ1) is 8.90. The molecule has 0 spiro atoms. The van der Waals surface area contributed by atoms with Gasteiger partial charge >= 0.3 is 5.69 Å². The highest BCUT2D eigenvalue weighted by atomic mass is 16.1. The summed E-state index contributed by atoms with van der Waals surface area (Å²) in [4.78, 5) is 18.8. The zero-order chi connectivity index (χ0) is 11.0. The van der Waals surface area contributed by atoms with Gasteiger partial charge in [0.05, 0.1) is 17.6 Å². The summed E-state index contributed by atoms with van der Waals surface area (Å²) in [6.45, 7) is 0.393. The summed E-state index contributed by atoms with van der Waals surface area (Å²) in [5.74, 6) is 0.740. The molecule has 0 aliphatic carbocycles. The van der Waals surface area contributed by atoms with E-state index in [1.54, 1.807) is 0 Å². The number of para-hydroxylation sites is 2. The fourth-order valence-electron chi connectivity index (χ4n) is 1.62. The molecule has 6 heteroatoms. The van der Waals surface area contributed by atoms with Crippen molar-refractivity contribution in [2.75, 3.05) is 0 Å². The van der Waals surface area contributed by atoms with Crippen LogP contribution in [-0.4, -0.2) is 24.7 Å². The van der Waals surface area contributed by atoms with Crippen LogP contribution in [0.3, 0.4) is 0 Å². The topological polar surface area (TPSA) is 79.4 Å². The largest absolute Gasteiger partial charge is 0.343 e. The van der Waals surface area contributed by atoms with Gasteiger partial charge in [0.1, 0.15) is 12.2 Å². The lowest BCUT2D eigenvalue weighted by atomic mass is 10.3. The van der Waals surface area contributed by atoms with Crippen molar-refractivity contribution in [2.24, 2.45) is 0 Å². The lowest BCUT2D eigenvalue weighted by Gasteiger charge is -1.94. The summed E-state index contributed by atoms with van der Waals surface area (Å²) in [6, 6.07) is 7.74. The molecule has 0 atom stereocenters. The van der Waals surface area contributed by atoms with E-state index in [9.17, 15) is 4.79 Å². The zero-order valence-electron chi connectivity index (χ0n) is 8.34. The van der Waals surface area contributed by atoms with E-state index in [1.807, 2.05) is 24.3 Å². The molecule has 1 aromatic carbocycles. The summed E-state index contributed by atoms with van der Waals surface area (Å²) in [7, 11) is 0. The van der Waals surface area contributed by atoms with E-state index in [1.165, 1.54) is 10.9 Å². The molecule has 0 amide bonds. The lowest BCUT2D eigenvalue weighted by molar-refractivity contribution is 0.728. The number of fused-ring (bicyclic) bond motifs is 1. The van der Waals surface area contributed by atoms with Crippen molar-refractivity contribution in [3.63, 3.8) is 0 Å². The van der Waals surface area contributed by atoms with Gasteiger partial charge in [0.2, 0.25) is 0 Å². The fourth-order valence-corrected chi connectivity index (χ4v) is 1.62. The third-order valence-corrected chi connectivity index (χ3v) is 2.38. The van der Waals surface area contributed by atoms with Crippen molar-refractivity contribution in [1.29, 1.82) is 0 Å². The molecule has 0 saturated carbocycles. The van der Waals surface area contributed by atoms with E-state index >= 15 is 0 Å². The van der Waals surface area contributed by atoms with Crippen LogP contribution in [0.5, 0.6) is 0 Å². The smallest absolute Gasteiger partial charge is 0.340 e. The van der Waals surface area contributed by atoms with Gasteiger partial charge in [-0.25, -0.2) is 14.9 Å². The highest BCUT2D eigenvalue weighted by Gasteiger charge is 2.04. The van der Waals surface area contributed by atoms with Crippen LogP contribution in [0.4, 0.5) is 0 Å². The number of benzene rings is 1. The second kappa shape index (κ2) is 3.34. The number of aromatic amines is 2. The molecule has 0 aliphatic rings. The van der Waals surface area contributed by atoms with Crippen LogP contribution in [0.2, 0.25) is 0 Å². The maximum Gasteiger partial charge on any atom is 0.343 e. The van der Waals surface area contributed by atoms with Gasteiger partial charge in [-0.2, -0.15) is 5.10 Å². The van der Waals surface area contributed by atoms with Gasteiger partial charge in [0.15, 0.2) is 0 Å². The molecule has 0 fully saturated rings. The van der Waals surface area contributed by atoms with Gasteiger partial charge < -0.3 is 4.98 Å². The molecule has 0 radical (unpaired) electrons. The molecule has 2 heterocycles. The first-order valence-electron chi connectivity index (χ1n) is 4.86. The van der Waals surface area contributed by atoms with Crippen molar-refractivity contribution >= 4 is 11.0 Å². The van der Waals surface area contributed by atoms with Crippen molar-refractivity contribution in [3.05, 3.63) is 46.9 Å². The van der Waals surface area contributed by atoms with Crippen LogP contribution in [-0.2, 0) is 6.54 Å². The Bertz CT molecular complexity index is 644. The van der Waals surface area contributed by atoms with Crippen molar-refractivity contribution in [2.45, 2.75) is 6.54 Å². The van der Waals surface area contributed by atoms with Gasteiger partial charge in [-0.15, -0.1) is 0 Å². The van der Waals surface area contributed by atoms with E-state index in [0.717, 1.165) is 16.9 Å². The zero-order valence-corrected chi connectivity index (χ0v) is 8.34. The summed E-state index contributed by atoms with van der Waals surface area (Å²) >= 11 is 0. The van der Waals surface area contributed by atoms with Gasteiger partial charge in [-0.3, -0.25) is 4.57 Å². The Kier molecular flexibility index (Phi) is 1.86. The first-order chi connectivity index (χ1) is 7.83. The molecule has 0 saturated heterocycles. The Morgan fingerprint density at radius 3 is 2.94 bits per heavy atom. The van der Waals surface area contributed by atoms with Gasteiger partial charge in [0.25, 0.3) is 0 Å². The standard InChI is InChI=1S/C10H9N5O/c16-10-14-11-6-15(10)5-9-12-7-3-1-2-4-8(7)13-9/h1-4,6H,5H2,(H,12,13)(H,14,16). The predicted molar refractivity (Wildman–Crippen MR) is 58.0 cm³/mol. The molecular formula is C10H9N5O. The Hall–Kier alpha value is -2.37. The maximum absolute atomic E-state index is 11.2. The van der Waals surface area contributed by atoms with Crippen LogP contribution >= 0.6 is 0 Å². The Morgan fingerprint density at radius 1 is 1.31 bits per heavy atom. The van der Waals surface area contributed by atoms with Crippen LogP contribution in [0.1, 0.15) is 5.82 Å². The van der Waals surface area contributed by atoms with Crippen LogP contribution in [0.25, 0.3) is 11.0 Å². The van der Waals surface area contributed by atoms with Crippen molar-refractivity contribution < 1.29 is 0 Å². The minimum absolute atomic E-state index is 0.236. The molecule has 2 N–H and O–H groups in total. The fraction of sp³-hybridized carbons (Fsp3) is 0.100. The van der Waals surface area contributed by atoms with E-state index in [4.69, 9.17) is 0 Å². The van der Waals surface area contributed by atoms with Gasteiger partial charge in [-0.1, -0.05) is 12.1 Å². The average Bonchev–Trinajstić information content (AvgIpc) is 2.85. The predicted octanol–water partition coefficient (Wildman–Crippen LogP) is 0.496. The van der Waals surface area contributed by atoms with Crippen LogP contribution in [0, 0.1) is 0 Å². The van der Waals surface area contributed by atoms with Crippen molar-refractivity contribution in [1.82, 2.24) is 24.7 Å². The highest BCUT2D eigenvalue weighted by Crippen LogP contribution is 2.10. The monoisotopic (exact) mass is 215 g/mol. The third kappa shape index (κ3) is 1.40. The molecular weight excluding hydrogens is 206 g/mol. The molecule has 16 heavy (non-hydrogen) atoms. The number of imidazole rings is 1. The molecule has 0 aliphatic heterocycles. The Labute approximate surface area is 90.0 Å². The molecule has 0 bridgehead atoms. The third-order valence-electron chi connectivity index (χ3n) is 2.38. The number of rotatable bonds is 2. The SMILES string of the molecule is O=c1[nH]ncn1Cc1nc2ccccc2[nH]1. The van der Waals surface area contributed by atoms with E-state index < -0.39 is 0 Å². The highest BCUT2D eigenvalue weighted by molar-refractivity contribution is 5.74. The van der Waals surface area contributed by atoms with E-state index in [0.29, 0.717) is 6.54 Å². The van der Waals surface area contributed by atoms with Crippen molar-refractivity contribution in [3.8, 4) is 0 Å². The second-order valence-electron chi connectivity index (χ2n) is 3.49. The van der Waals surface area contributed by atoms with Gasteiger partial charge in [0, 0.05) is 0 Å². The molecule has 2 aromatic heterocycles. The summed E-state index contributed by atoms with van der Waals surface area (Å²) in [5.41, 5.74) is 1.63.